The van der Waals surface area contributed by atoms with Crippen LogP contribution in [0.5, 0.6) is 17.2 Å². The van der Waals surface area contributed by atoms with Crippen LogP contribution in [-0.4, -0.2) is 81.7 Å². The van der Waals surface area contributed by atoms with E-state index >= 15 is 0 Å². The molecule has 1 saturated heterocycles. The molecule has 3 aromatic carbocycles. The lowest BCUT2D eigenvalue weighted by atomic mass is 9.78. The summed E-state index contributed by atoms with van der Waals surface area (Å²) in [6.07, 6.45) is 1.87. The van der Waals surface area contributed by atoms with E-state index in [-0.39, 0.29) is 18.0 Å². The van der Waals surface area contributed by atoms with Gasteiger partial charge in [-0.25, -0.2) is 23.3 Å². The van der Waals surface area contributed by atoms with Gasteiger partial charge in [-0.3, -0.25) is 10.0 Å². The molecule has 0 amide bonds. The maximum absolute atomic E-state index is 11.5. The van der Waals surface area contributed by atoms with Gasteiger partial charge in [-0.05, 0) is 85.7 Å². The number of unbranched alkanes of at least 4 members (excludes halogenated alkanes) is 2. The van der Waals surface area contributed by atoms with Gasteiger partial charge in [0.1, 0.15) is 48.8 Å². The van der Waals surface area contributed by atoms with Gasteiger partial charge in [-0.15, -0.1) is 0 Å². The van der Waals surface area contributed by atoms with E-state index in [4.69, 9.17) is 14.2 Å². The van der Waals surface area contributed by atoms with Crippen LogP contribution < -0.4 is 24.2 Å². The number of aromatic nitrogens is 2. The van der Waals surface area contributed by atoms with Crippen molar-refractivity contribution >= 4 is 16.0 Å². The summed E-state index contributed by atoms with van der Waals surface area (Å²) in [7, 11) is -3.48. The molecule has 1 aromatic heterocycles. The second-order valence-corrected chi connectivity index (χ2v) is 16.0. The number of ether oxygens (including phenoxy) is 3. The van der Waals surface area contributed by atoms with Crippen LogP contribution in [0.15, 0.2) is 79.0 Å². The number of anilines is 1. The first kappa shape index (κ1) is 39.3. The van der Waals surface area contributed by atoms with Gasteiger partial charge >= 0.3 is 0 Å². The summed E-state index contributed by atoms with van der Waals surface area (Å²) >= 11 is 0. The van der Waals surface area contributed by atoms with Gasteiger partial charge in [0.25, 0.3) is 0 Å². The Morgan fingerprint density at radius 1 is 0.796 bits per heavy atom. The van der Waals surface area contributed by atoms with Crippen LogP contribution in [0.1, 0.15) is 86.4 Å². The summed E-state index contributed by atoms with van der Waals surface area (Å²) in [5.74, 6) is 2.06. The molecule has 290 valence electrons. The van der Waals surface area contributed by atoms with Crippen LogP contribution in [0.4, 0.5) is 5.95 Å². The fraction of sp³-hybridized carbons (Fsp3) is 0.436. The van der Waals surface area contributed by atoms with Crippen molar-refractivity contribution in [2.45, 2.75) is 88.9 Å². The largest absolute Gasteiger partial charge is 0.494 e. The number of sulfonamides is 1. The van der Waals surface area contributed by atoms with Gasteiger partial charge in [-0.2, -0.15) is 0 Å². The monoisotopic (exact) mass is 763 g/mol. The lowest BCUT2D eigenvalue weighted by Gasteiger charge is -2.40. The number of nitrogens with zero attached hydrogens (tertiary/aromatic N) is 3. The summed E-state index contributed by atoms with van der Waals surface area (Å²) in [6.45, 7) is 5.55. The molecule has 3 heterocycles. The molecule has 2 aliphatic rings. The Morgan fingerprint density at radius 2 is 1.39 bits per heavy atom. The average Bonchev–Trinajstić information content (AvgIpc) is 3.38. The molecule has 5 unspecified atom stereocenters. The third kappa shape index (κ3) is 9.65. The van der Waals surface area contributed by atoms with Crippen LogP contribution >= 0.6 is 0 Å². The Hall–Kier alpha value is -4.35. The van der Waals surface area contributed by atoms with Gasteiger partial charge in [0.2, 0.25) is 16.0 Å². The number of hydrogen-bond acceptors (Lipinski definition) is 13. The van der Waals surface area contributed by atoms with E-state index in [1.165, 1.54) is 11.1 Å². The summed E-state index contributed by atoms with van der Waals surface area (Å²) < 4.78 is 43.0. The predicted molar refractivity (Wildman–Crippen MR) is 201 cm³/mol. The average molecular weight is 764 g/mol. The normalized spacial score (nSPS) is 21.7. The maximum atomic E-state index is 11.5. The van der Waals surface area contributed by atoms with Crippen LogP contribution in [0.2, 0.25) is 0 Å². The number of hydrogen-bond donors (Lipinski definition) is 6. The highest BCUT2D eigenvalue weighted by molar-refractivity contribution is 7.91. The first-order valence-corrected chi connectivity index (χ1v) is 20.0. The number of aliphatic hydroxyl groups excluding tert-OH is 4. The van der Waals surface area contributed by atoms with Gasteiger partial charge in [-0.1, -0.05) is 44.2 Å². The Morgan fingerprint density at radius 3 is 2.02 bits per heavy atom. The minimum Gasteiger partial charge on any atom is -0.494 e. The lowest BCUT2D eigenvalue weighted by Crippen LogP contribution is -2.57. The van der Waals surface area contributed by atoms with Crippen molar-refractivity contribution in [1.29, 1.82) is 0 Å². The van der Waals surface area contributed by atoms with E-state index in [1.54, 1.807) is 24.3 Å². The van der Waals surface area contributed by atoms with E-state index in [1.807, 2.05) is 36.4 Å². The highest BCUT2D eigenvalue weighted by atomic mass is 32.2. The number of fused-ring (bicyclic) bond motifs is 1. The predicted octanol–water partition coefficient (Wildman–Crippen LogP) is 4.07. The van der Waals surface area contributed by atoms with Crippen LogP contribution in [0.3, 0.4) is 0 Å². The van der Waals surface area contributed by atoms with Crippen molar-refractivity contribution in [3.05, 3.63) is 107 Å². The molecular formula is C39H49N5O9S. The summed E-state index contributed by atoms with van der Waals surface area (Å²) in [4.78, 5) is 9.57. The first-order chi connectivity index (χ1) is 25.8. The molecule has 15 heteroatoms. The minimum atomic E-state index is -3.48. The van der Waals surface area contributed by atoms with Gasteiger partial charge in [0.15, 0.2) is 0 Å². The van der Waals surface area contributed by atoms with Crippen molar-refractivity contribution in [2.24, 2.45) is 0 Å². The van der Waals surface area contributed by atoms with Gasteiger partial charge < -0.3 is 34.6 Å². The number of rotatable bonds is 16. The zero-order valence-corrected chi connectivity index (χ0v) is 31.4. The second-order valence-electron chi connectivity index (χ2n) is 14.2. The fourth-order valence-corrected chi connectivity index (χ4v) is 7.25. The molecular weight excluding hydrogens is 715 g/mol. The first-order valence-electron chi connectivity index (χ1n) is 18.1. The molecule has 14 nitrogen and oxygen atoms in total. The molecule has 0 radical (unpaired) electrons. The van der Waals surface area contributed by atoms with Gasteiger partial charge in [0, 0.05) is 22.7 Å². The third-order valence-corrected chi connectivity index (χ3v) is 10.4. The number of benzene rings is 3. The number of piperidine rings is 1. The van der Waals surface area contributed by atoms with Crippen LogP contribution in [0.25, 0.3) is 0 Å². The summed E-state index contributed by atoms with van der Waals surface area (Å²) in [6, 6.07) is 22.4. The van der Waals surface area contributed by atoms with Crippen molar-refractivity contribution in [3.8, 4) is 17.2 Å². The maximum Gasteiger partial charge on any atom is 0.236 e. The van der Waals surface area contributed by atoms with E-state index in [0.29, 0.717) is 54.4 Å². The summed E-state index contributed by atoms with van der Waals surface area (Å²) in [5.41, 5.74) is 3.64. The molecule has 0 bridgehead atoms. The molecule has 0 spiro atoms. The molecule has 4 aromatic rings. The number of nitrogens with one attached hydrogen (secondary N) is 2. The van der Waals surface area contributed by atoms with Crippen LogP contribution in [-0.2, 0) is 22.0 Å². The molecule has 54 heavy (non-hydrogen) atoms. The smallest absolute Gasteiger partial charge is 0.236 e. The van der Waals surface area contributed by atoms with E-state index in [0.717, 1.165) is 42.4 Å². The Balaban J connectivity index is 0.906. The third-order valence-electron chi connectivity index (χ3n) is 9.88. The lowest BCUT2D eigenvalue weighted by molar-refractivity contribution is -0.159. The van der Waals surface area contributed by atoms with Crippen molar-refractivity contribution in [1.82, 2.24) is 20.2 Å². The minimum absolute atomic E-state index is 0.000439. The van der Waals surface area contributed by atoms with Crippen molar-refractivity contribution < 1.29 is 43.1 Å². The zero-order chi connectivity index (χ0) is 38.5. The molecule has 0 saturated carbocycles. The fourth-order valence-electron chi connectivity index (χ4n) is 6.82. The Labute approximate surface area is 315 Å². The van der Waals surface area contributed by atoms with Crippen molar-refractivity contribution in [2.75, 3.05) is 24.2 Å². The summed E-state index contributed by atoms with van der Waals surface area (Å²) in [5, 5.41) is 44.7. The van der Waals surface area contributed by atoms with E-state index < -0.39 is 41.0 Å². The topological polar surface area (TPSA) is 196 Å². The van der Waals surface area contributed by atoms with E-state index in [9.17, 15) is 28.8 Å². The standard InChI is InChI=1S/C39H49N5O9S/c1-39(2,26-9-13-29(14-10-26)53-24-27-19-20-40-38(41-27)43-54(3,49)50)25-7-11-28(12-8-25)51-21-5-4-6-22-52-30-15-16-31-32(23-30)37(48)44(36(31)47)33-17-18-34(45)42-35(33)46/h7-16,19-20,23,33-37,42,45-48H,4-6,17-18,21-22,24H2,1-3H3,(H,40,41,43). The molecule has 6 rings (SSSR count). The number of aliphatic hydroxyl groups is 4. The molecule has 1 fully saturated rings. The Kier molecular flexibility index (Phi) is 12.4. The Bertz CT molecular complexity index is 1960. The molecule has 6 N–H and O–H groups in total. The second kappa shape index (κ2) is 17.0. The van der Waals surface area contributed by atoms with E-state index in [2.05, 4.69) is 46.0 Å². The molecule has 2 aliphatic heterocycles. The highest BCUT2D eigenvalue weighted by Crippen LogP contribution is 2.44. The van der Waals surface area contributed by atoms with Crippen LogP contribution in [0, 0.1) is 0 Å². The van der Waals surface area contributed by atoms with Crippen molar-refractivity contribution in [3.63, 3.8) is 0 Å². The zero-order valence-electron chi connectivity index (χ0n) is 30.6. The highest BCUT2D eigenvalue weighted by Gasteiger charge is 2.44. The van der Waals surface area contributed by atoms with Gasteiger partial charge in [0.05, 0.1) is 31.2 Å². The molecule has 5 atom stereocenters. The SMILES string of the molecule is CC(C)(c1ccc(OCCCCCOc2ccc3c(c2)C(O)N(C2CCC(O)NC2O)C3O)cc1)c1ccc(OCc2ccnc(NS(C)(=O)=O)n2)cc1. The quantitative estimate of drug-likeness (QED) is 0.0896. The molecule has 0 aliphatic carbocycles.